The molecule has 0 aliphatic carbocycles. The molecule has 0 spiro atoms. The van der Waals surface area contributed by atoms with Crippen LogP contribution < -0.4 is 15.4 Å². The fraction of sp³-hybridized carbons (Fsp3) is 0.333. The zero-order valence-electron chi connectivity index (χ0n) is 13.8. The summed E-state index contributed by atoms with van der Waals surface area (Å²) in [4.78, 5) is 16.4. The van der Waals surface area contributed by atoms with Gasteiger partial charge in [-0.3, -0.25) is 4.79 Å². The highest BCUT2D eigenvalue weighted by Crippen LogP contribution is 2.26. The Morgan fingerprint density at radius 2 is 1.91 bits per heavy atom. The fourth-order valence-electron chi connectivity index (χ4n) is 2.33. The van der Waals surface area contributed by atoms with E-state index in [4.69, 9.17) is 4.74 Å². The van der Waals surface area contributed by atoms with Crippen molar-refractivity contribution in [3.63, 3.8) is 0 Å². The molecule has 2 aromatic rings. The quantitative estimate of drug-likeness (QED) is 0.804. The maximum atomic E-state index is 12.1. The highest BCUT2D eigenvalue weighted by molar-refractivity contribution is 5.92. The van der Waals surface area contributed by atoms with Gasteiger partial charge in [-0.05, 0) is 37.1 Å². The maximum Gasteiger partial charge on any atom is 0.227 e. The second-order valence-electron chi connectivity index (χ2n) is 5.26. The van der Waals surface area contributed by atoms with Crippen LogP contribution in [0.1, 0.15) is 26.7 Å². The molecule has 2 rings (SSSR count). The third kappa shape index (κ3) is 4.45. The molecule has 1 aromatic heterocycles. The van der Waals surface area contributed by atoms with Gasteiger partial charge in [-0.1, -0.05) is 26.0 Å². The Balaban J connectivity index is 2.03. The summed E-state index contributed by atoms with van der Waals surface area (Å²) in [7, 11) is 1.63. The standard InChI is InChI=1S/C18H23N3O2/c1-4-13(5-2)18(22)20-14-10-11-17(19-12-14)21-15-8-6-7-9-16(15)23-3/h6-13H,4-5H2,1-3H3,(H,19,21)(H,20,22). The van der Waals surface area contributed by atoms with Crippen molar-refractivity contribution < 1.29 is 9.53 Å². The molecule has 0 fully saturated rings. The lowest BCUT2D eigenvalue weighted by atomic mass is 10.0. The molecule has 23 heavy (non-hydrogen) atoms. The second-order valence-corrected chi connectivity index (χ2v) is 5.26. The summed E-state index contributed by atoms with van der Waals surface area (Å²) in [5.74, 6) is 1.53. The Kier molecular flexibility index (Phi) is 5.97. The number of hydrogen-bond donors (Lipinski definition) is 2. The first-order valence-electron chi connectivity index (χ1n) is 7.84. The van der Waals surface area contributed by atoms with Gasteiger partial charge in [0.1, 0.15) is 11.6 Å². The number of carbonyl (C=O) groups is 1. The van der Waals surface area contributed by atoms with Gasteiger partial charge in [-0.25, -0.2) is 4.98 Å². The number of ether oxygens (including phenoxy) is 1. The number of amides is 1. The highest BCUT2D eigenvalue weighted by atomic mass is 16.5. The van der Waals surface area contributed by atoms with E-state index in [1.54, 1.807) is 13.3 Å². The summed E-state index contributed by atoms with van der Waals surface area (Å²) < 4.78 is 5.30. The predicted octanol–water partition coefficient (Wildman–Crippen LogP) is 4.21. The SMILES string of the molecule is CCC(CC)C(=O)Nc1ccc(Nc2ccccc2OC)nc1. The summed E-state index contributed by atoms with van der Waals surface area (Å²) >= 11 is 0. The lowest BCUT2D eigenvalue weighted by molar-refractivity contribution is -0.120. The van der Waals surface area contributed by atoms with E-state index in [1.807, 2.05) is 50.2 Å². The zero-order chi connectivity index (χ0) is 16.7. The van der Waals surface area contributed by atoms with Gasteiger partial charge in [-0.2, -0.15) is 0 Å². The third-order valence-electron chi connectivity index (χ3n) is 3.76. The number of hydrogen-bond acceptors (Lipinski definition) is 4. The van der Waals surface area contributed by atoms with E-state index in [9.17, 15) is 4.79 Å². The van der Waals surface area contributed by atoms with Crippen LogP contribution in [0, 0.1) is 5.92 Å². The van der Waals surface area contributed by atoms with Crippen LogP contribution in [-0.4, -0.2) is 18.0 Å². The average Bonchev–Trinajstić information content (AvgIpc) is 2.58. The smallest absolute Gasteiger partial charge is 0.227 e. The van der Waals surface area contributed by atoms with Crippen LogP contribution in [0.3, 0.4) is 0 Å². The van der Waals surface area contributed by atoms with Crippen molar-refractivity contribution in [2.24, 2.45) is 5.92 Å². The van der Waals surface area contributed by atoms with Gasteiger partial charge < -0.3 is 15.4 Å². The van der Waals surface area contributed by atoms with Crippen molar-refractivity contribution in [3.05, 3.63) is 42.6 Å². The molecule has 0 unspecified atom stereocenters. The first-order chi connectivity index (χ1) is 11.2. The van der Waals surface area contributed by atoms with E-state index in [2.05, 4.69) is 15.6 Å². The third-order valence-corrected chi connectivity index (χ3v) is 3.76. The molecule has 0 saturated carbocycles. The number of rotatable bonds is 7. The molecular formula is C18H23N3O2. The molecule has 1 heterocycles. The average molecular weight is 313 g/mol. The van der Waals surface area contributed by atoms with Crippen LogP contribution in [0.4, 0.5) is 17.2 Å². The number of carbonyl (C=O) groups excluding carboxylic acids is 1. The van der Waals surface area contributed by atoms with Crippen LogP contribution in [0.2, 0.25) is 0 Å². The minimum Gasteiger partial charge on any atom is -0.495 e. The lowest BCUT2D eigenvalue weighted by Gasteiger charge is -2.13. The molecule has 0 saturated heterocycles. The Morgan fingerprint density at radius 3 is 2.52 bits per heavy atom. The summed E-state index contributed by atoms with van der Waals surface area (Å²) in [6, 6.07) is 11.3. The first kappa shape index (κ1) is 16.8. The molecule has 1 amide bonds. The van der Waals surface area contributed by atoms with Gasteiger partial charge in [-0.15, -0.1) is 0 Å². The second kappa shape index (κ2) is 8.17. The number of pyridine rings is 1. The van der Waals surface area contributed by atoms with E-state index in [0.29, 0.717) is 11.5 Å². The lowest BCUT2D eigenvalue weighted by Crippen LogP contribution is -2.21. The number of aromatic nitrogens is 1. The van der Waals surface area contributed by atoms with Crippen molar-refractivity contribution in [2.45, 2.75) is 26.7 Å². The number of nitrogens with zero attached hydrogens (tertiary/aromatic N) is 1. The molecule has 122 valence electrons. The number of para-hydroxylation sites is 2. The largest absolute Gasteiger partial charge is 0.495 e. The molecule has 2 N–H and O–H groups in total. The number of methoxy groups -OCH3 is 1. The summed E-state index contributed by atoms with van der Waals surface area (Å²) in [5, 5.41) is 6.10. The Bertz CT molecular complexity index is 637. The fourth-order valence-corrected chi connectivity index (χ4v) is 2.33. The summed E-state index contributed by atoms with van der Waals surface area (Å²) in [6.45, 7) is 4.04. The normalized spacial score (nSPS) is 10.4. The summed E-state index contributed by atoms with van der Waals surface area (Å²) in [5.41, 5.74) is 1.55. The highest BCUT2D eigenvalue weighted by Gasteiger charge is 2.14. The molecule has 0 atom stereocenters. The van der Waals surface area contributed by atoms with Crippen molar-refractivity contribution in [2.75, 3.05) is 17.7 Å². The predicted molar refractivity (Wildman–Crippen MR) is 93.2 cm³/mol. The number of anilines is 3. The van der Waals surface area contributed by atoms with Crippen molar-refractivity contribution in [1.82, 2.24) is 4.98 Å². The molecule has 1 aromatic carbocycles. The minimum absolute atomic E-state index is 0.0429. The van der Waals surface area contributed by atoms with Crippen LogP contribution in [0.25, 0.3) is 0 Å². The number of benzene rings is 1. The van der Waals surface area contributed by atoms with Crippen LogP contribution in [0.5, 0.6) is 5.75 Å². The number of nitrogens with one attached hydrogen (secondary N) is 2. The van der Waals surface area contributed by atoms with E-state index in [1.165, 1.54) is 0 Å². The zero-order valence-corrected chi connectivity index (χ0v) is 13.8. The van der Waals surface area contributed by atoms with Crippen LogP contribution in [0.15, 0.2) is 42.6 Å². The molecule has 0 aliphatic heterocycles. The molecular weight excluding hydrogens is 290 g/mol. The topological polar surface area (TPSA) is 63.2 Å². The molecule has 0 bridgehead atoms. The minimum atomic E-state index is 0.0429. The van der Waals surface area contributed by atoms with Crippen molar-refractivity contribution in [1.29, 1.82) is 0 Å². The molecule has 0 radical (unpaired) electrons. The monoisotopic (exact) mass is 313 g/mol. The summed E-state index contributed by atoms with van der Waals surface area (Å²) in [6.07, 6.45) is 3.32. The van der Waals surface area contributed by atoms with Crippen molar-refractivity contribution >= 4 is 23.1 Å². The molecule has 5 heteroatoms. The van der Waals surface area contributed by atoms with Crippen LogP contribution >= 0.6 is 0 Å². The Morgan fingerprint density at radius 1 is 1.17 bits per heavy atom. The van der Waals surface area contributed by atoms with E-state index < -0.39 is 0 Å². The van der Waals surface area contributed by atoms with Gasteiger partial charge in [0, 0.05) is 5.92 Å². The first-order valence-corrected chi connectivity index (χ1v) is 7.84. The van der Waals surface area contributed by atoms with Gasteiger partial charge in [0.05, 0.1) is 24.7 Å². The molecule has 5 nitrogen and oxygen atoms in total. The van der Waals surface area contributed by atoms with E-state index >= 15 is 0 Å². The Hall–Kier alpha value is -2.56. The molecule has 0 aliphatic rings. The Labute approximate surface area is 137 Å². The van der Waals surface area contributed by atoms with Gasteiger partial charge in [0.2, 0.25) is 5.91 Å². The van der Waals surface area contributed by atoms with E-state index in [0.717, 1.165) is 24.3 Å². The van der Waals surface area contributed by atoms with E-state index in [-0.39, 0.29) is 11.8 Å². The maximum absolute atomic E-state index is 12.1. The van der Waals surface area contributed by atoms with Crippen molar-refractivity contribution in [3.8, 4) is 5.75 Å². The van der Waals surface area contributed by atoms with Gasteiger partial charge in [0.25, 0.3) is 0 Å². The van der Waals surface area contributed by atoms with Crippen LogP contribution in [-0.2, 0) is 4.79 Å². The van der Waals surface area contributed by atoms with Gasteiger partial charge in [0.15, 0.2) is 0 Å². The van der Waals surface area contributed by atoms with Gasteiger partial charge >= 0.3 is 0 Å².